The van der Waals surface area contributed by atoms with E-state index in [9.17, 15) is 5.11 Å². The van der Waals surface area contributed by atoms with Gasteiger partial charge in [-0.3, -0.25) is 4.90 Å². The highest BCUT2D eigenvalue weighted by molar-refractivity contribution is 5.41. The lowest BCUT2D eigenvalue weighted by molar-refractivity contribution is 0.167. The third-order valence-corrected chi connectivity index (χ3v) is 5.96. The largest absolute Gasteiger partial charge is 0.497 e. The molecule has 3 aromatic carbocycles. The molecule has 0 radical (unpaired) electrons. The number of rotatable bonds is 8. The Balaban J connectivity index is 1.47. The number of aliphatic hydroxyl groups is 1. The van der Waals surface area contributed by atoms with Crippen molar-refractivity contribution < 1.29 is 19.3 Å². The molecule has 3 aromatic rings. The summed E-state index contributed by atoms with van der Waals surface area (Å²) in [5, 5.41) is 10.8. The Bertz CT molecular complexity index is 1020. The predicted molar refractivity (Wildman–Crippen MR) is 125 cm³/mol. The smallest absolute Gasteiger partial charge is 0.123 e. The summed E-state index contributed by atoms with van der Waals surface area (Å²) in [6.45, 7) is 2.90. The van der Waals surface area contributed by atoms with Gasteiger partial charge in [0.2, 0.25) is 0 Å². The van der Waals surface area contributed by atoms with Gasteiger partial charge in [0, 0.05) is 30.8 Å². The number of benzene rings is 3. The van der Waals surface area contributed by atoms with E-state index in [4.69, 9.17) is 14.2 Å². The van der Waals surface area contributed by atoms with Gasteiger partial charge in [0.15, 0.2) is 0 Å². The quantitative estimate of drug-likeness (QED) is 0.555. The van der Waals surface area contributed by atoms with E-state index in [1.54, 1.807) is 14.2 Å². The van der Waals surface area contributed by atoms with E-state index in [-0.39, 0.29) is 0 Å². The minimum Gasteiger partial charge on any atom is -0.497 e. The Hall–Kier alpha value is -3.02. The van der Waals surface area contributed by atoms with Gasteiger partial charge in [0.25, 0.3) is 0 Å². The maximum atomic E-state index is 10.8. The molecular weight excluding hydrogens is 402 g/mol. The SMILES string of the molecule is COc1ccc(OC)c(CN2CCOc3ccc(C(O)CCc4ccccc4)cc3C2)c1. The normalized spacial score (nSPS) is 14.7. The van der Waals surface area contributed by atoms with E-state index in [2.05, 4.69) is 23.1 Å². The highest BCUT2D eigenvalue weighted by atomic mass is 16.5. The molecule has 1 unspecified atom stereocenters. The summed E-state index contributed by atoms with van der Waals surface area (Å²) in [7, 11) is 3.36. The number of nitrogens with zero attached hydrogens (tertiary/aromatic N) is 1. The molecule has 1 N–H and O–H groups in total. The van der Waals surface area contributed by atoms with E-state index in [0.717, 1.165) is 60.0 Å². The van der Waals surface area contributed by atoms with E-state index in [1.807, 2.05) is 48.5 Å². The van der Waals surface area contributed by atoms with Crippen molar-refractivity contribution in [3.63, 3.8) is 0 Å². The number of methoxy groups -OCH3 is 2. The van der Waals surface area contributed by atoms with Gasteiger partial charge >= 0.3 is 0 Å². The van der Waals surface area contributed by atoms with Crippen LogP contribution in [0.2, 0.25) is 0 Å². The van der Waals surface area contributed by atoms with Crippen molar-refractivity contribution in [1.29, 1.82) is 0 Å². The molecule has 0 saturated heterocycles. The van der Waals surface area contributed by atoms with Gasteiger partial charge in [0.05, 0.1) is 20.3 Å². The number of ether oxygens (including phenoxy) is 3. The summed E-state index contributed by atoms with van der Waals surface area (Å²) in [6, 6.07) is 22.2. The van der Waals surface area contributed by atoms with Gasteiger partial charge in [-0.05, 0) is 54.3 Å². The van der Waals surface area contributed by atoms with Crippen LogP contribution in [-0.2, 0) is 19.5 Å². The van der Waals surface area contributed by atoms with Crippen LogP contribution in [0.3, 0.4) is 0 Å². The Kier molecular flexibility index (Phi) is 7.30. The molecule has 0 fully saturated rings. The van der Waals surface area contributed by atoms with Crippen LogP contribution in [-0.4, -0.2) is 37.4 Å². The average Bonchev–Trinajstić information content (AvgIpc) is 3.04. The van der Waals surface area contributed by atoms with E-state index in [1.165, 1.54) is 5.56 Å². The molecule has 1 atom stereocenters. The first-order chi connectivity index (χ1) is 15.7. The highest BCUT2D eigenvalue weighted by Crippen LogP contribution is 2.31. The summed E-state index contributed by atoms with van der Waals surface area (Å²) >= 11 is 0. The lowest BCUT2D eigenvalue weighted by Gasteiger charge is -2.21. The number of aliphatic hydroxyl groups excluding tert-OH is 1. The van der Waals surface area contributed by atoms with Gasteiger partial charge < -0.3 is 19.3 Å². The molecule has 1 aliphatic rings. The van der Waals surface area contributed by atoms with Gasteiger partial charge in [-0.25, -0.2) is 0 Å². The molecule has 0 saturated carbocycles. The Labute approximate surface area is 190 Å². The summed E-state index contributed by atoms with van der Waals surface area (Å²) in [5.74, 6) is 2.56. The zero-order valence-corrected chi connectivity index (χ0v) is 18.8. The summed E-state index contributed by atoms with van der Waals surface area (Å²) in [5.41, 5.74) is 4.35. The second-order valence-electron chi connectivity index (χ2n) is 8.14. The van der Waals surface area contributed by atoms with Crippen molar-refractivity contribution in [3.05, 3.63) is 89.0 Å². The Morgan fingerprint density at radius 2 is 1.84 bits per heavy atom. The first kappa shape index (κ1) is 22.2. The Morgan fingerprint density at radius 1 is 1.00 bits per heavy atom. The molecular formula is C27H31NO4. The maximum Gasteiger partial charge on any atom is 0.123 e. The molecule has 4 rings (SSSR count). The third kappa shape index (κ3) is 5.42. The van der Waals surface area contributed by atoms with Crippen LogP contribution >= 0.6 is 0 Å². The van der Waals surface area contributed by atoms with Crippen molar-refractivity contribution in [2.24, 2.45) is 0 Å². The minimum atomic E-state index is -0.504. The topological polar surface area (TPSA) is 51.2 Å². The van der Waals surface area contributed by atoms with Crippen molar-refractivity contribution in [2.45, 2.75) is 32.0 Å². The standard InChI is InChI=1S/C27H31NO4/c1-30-24-10-13-26(31-2)23(17-24)19-28-14-15-32-27-12-9-21(16-22(27)18-28)25(29)11-8-20-6-4-3-5-7-20/h3-7,9-10,12-13,16-17,25,29H,8,11,14-15,18-19H2,1-2H3. The van der Waals surface area contributed by atoms with Crippen LogP contribution in [0.1, 0.15) is 34.8 Å². The van der Waals surface area contributed by atoms with Crippen LogP contribution < -0.4 is 14.2 Å². The highest BCUT2D eigenvalue weighted by Gasteiger charge is 2.19. The third-order valence-electron chi connectivity index (χ3n) is 5.96. The lowest BCUT2D eigenvalue weighted by Crippen LogP contribution is -2.25. The molecule has 0 bridgehead atoms. The fourth-order valence-corrected chi connectivity index (χ4v) is 4.17. The van der Waals surface area contributed by atoms with Crippen molar-refractivity contribution >= 4 is 0 Å². The number of hydrogen-bond acceptors (Lipinski definition) is 5. The van der Waals surface area contributed by atoms with Gasteiger partial charge in [-0.2, -0.15) is 0 Å². The number of fused-ring (bicyclic) bond motifs is 1. The van der Waals surface area contributed by atoms with E-state index < -0.39 is 6.10 Å². The molecule has 0 aromatic heterocycles. The van der Waals surface area contributed by atoms with E-state index in [0.29, 0.717) is 13.0 Å². The van der Waals surface area contributed by atoms with Crippen LogP contribution in [0.5, 0.6) is 17.2 Å². The van der Waals surface area contributed by atoms with Gasteiger partial charge in [-0.15, -0.1) is 0 Å². The summed E-state index contributed by atoms with van der Waals surface area (Å²) < 4.78 is 17.0. The minimum absolute atomic E-state index is 0.504. The fraction of sp³-hybridized carbons (Fsp3) is 0.333. The molecule has 1 heterocycles. The van der Waals surface area contributed by atoms with E-state index >= 15 is 0 Å². The maximum absolute atomic E-state index is 10.8. The van der Waals surface area contributed by atoms with Crippen LogP contribution in [0.25, 0.3) is 0 Å². The van der Waals surface area contributed by atoms with Crippen molar-refractivity contribution in [3.8, 4) is 17.2 Å². The monoisotopic (exact) mass is 433 g/mol. The zero-order valence-electron chi connectivity index (χ0n) is 18.8. The average molecular weight is 434 g/mol. The van der Waals surface area contributed by atoms with Crippen molar-refractivity contribution in [2.75, 3.05) is 27.4 Å². The molecule has 168 valence electrons. The second-order valence-corrected chi connectivity index (χ2v) is 8.14. The van der Waals surface area contributed by atoms with Crippen molar-refractivity contribution in [1.82, 2.24) is 4.90 Å². The molecule has 0 aliphatic carbocycles. The predicted octanol–water partition coefficient (Wildman–Crippen LogP) is 4.76. The molecule has 1 aliphatic heterocycles. The molecule has 0 amide bonds. The summed E-state index contributed by atoms with van der Waals surface area (Å²) in [6.07, 6.45) is 1.03. The first-order valence-electron chi connectivity index (χ1n) is 11.1. The molecule has 32 heavy (non-hydrogen) atoms. The second kappa shape index (κ2) is 10.5. The Morgan fingerprint density at radius 3 is 2.62 bits per heavy atom. The number of hydrogen-bond donors (Lipinski definition) is 1. The molecule has 0 spiro atoms. The van der Waals surface area contributed by atoms with Crippen LogP contribution in [0, 0.1) is 0 Å². The van der Waals surface area contributed by atoms with Crippen LogP contribution in [0.15, 0.2) is 66.7 Å². The lowest BCUT2D eigenvalue weighted by atomic mass is 9.99. The fourth-order valence-electron chi connectivity index (χ4n) is 4.17. The van der Waals surface area contributed by atoms with Gasteiger partial charge in [-0.1, -0.05) is 36.4 Å². The van der Waals surface area contributed by atoms with Crippen LogP contribution in [0.4, 0.5) is 0 Å². The number of aryl methyl sites for hydroxylation is 1. The van der Waals surface area contributed by atoms with Gasteiger partial charge in [0.1, 0.15) is 23.9 Å². The molecule has 5 heteroatoms. The summed E-state index contributed by atoms with van der Waals surface area (Å²) in [4.78, 5) is 2.34. The molecule has 5 nitrogen and oxygen atoms in total. The zero-order chi connectivity index (χ0) is 22.3. The first-order valence-corrected chi connectivity index (χ1v) is 11.1.